The van der Waals surface area contributed by atoms with E-state index in [1.165, 1.54) is 38.5 Å². The van der Waals surface area contributed by atoms with Gasteiger partial charge in [-0.05, 0) is 57.8 Å². The first kappa shape index (κ1) is 53.4. The number of carbonyl (C=O) groups excluding carboxylic acids is 2. The number of rotatable bonds is 35. The highest BCUT2D eigenvalue weighted by Gasteiger charge is 2.46. The van der Waals surface area contributed by atoms with Crippen LogP contribution >= 0.6 is 0 Å². The average Bonchev–Trinajstić information content (AvgIpc) is 3.18. The Labute approximate surface area is 349 Å². The standard InChI is InChI=1S/C45H76O12S/c1-3-5-7-9-11-13-15-17-19-21-23-25-27-29-31-33-40(46)54-35-38(36-55-45-44(50)43(49)42(48)39(57-45)37-58(51,52)53)56-41(47)34-32-30-28-26-24-22-20-18-16-14-12-10-8-6-4-2/h6,8,10,12,14,16-20,38-39,42-45,48-50H,3-5,7,9,11,13,15,21-37H2,1-2H3,(H,51,52,53)/b8-6+,12-10+,16-14+,19-17+,20-18+/t38-,39-,42-,43?,44?,45+/m1/s1. The molecule has 0 amide bonds. The zero-order valence-electron chi connectivity index (χ0n) is 35.4. The molecule has 1 aliphatic rings. The van der Waals surface area contributed by atoms with Crippen molar-refractivity contribution in [2.45, 2.75) is 192 Å². The van der Waals surface area contributed by atoms with Gasteiger partial charge in [0.2, 0.25) is 0 Å². The maximum Gasteiger partial charge on any atom is 0.306 e. The number of aliphatic hydroxyl groups is 3. The highest BCUT2D eigenvalue weighted by Crippen LogP contribution is 2.24. The summed E-state index contributed by atoms with van der Waals surface area (Å²) in [5, 5.41) is 30.8. The molecule has 0 spiro atoms. The van der Waals surface area contributed by atoms with E-state index in [9.17, 15) is 37.9 Å². The van der Waals surface area contributed by atoms with Crippen molar-refractivity contribution < 1.29 is 56.8 Å². The van der Waals surface area contributed by atoms with Gasteiger partial charge in [-0.3, -0.25) is 14.1 Å². The van der Waals surface area contributed by atoms with Crippen molar-refractivity contribution in [3.63, 3.8) is 0 Å². The van der Waals surface area contributed by atoms with Gasteiger partial charge in [0.05, 0.1) is 6.61 Å². The summed E-state index contributed by atoms with van der Waals surface area (Å²) in [5.41, 5.74) is 0. The van der Waals surface area contributed by atoms with Crippen molar-refractivity contribution in [3.8, 4) is 0 Å². The van der Waals surface area contributed by atoms with Crippen molar-refractivity contribution in [2.24, 2.45) is 0 Å². The number of unbranched alkanes of at least 4 members (excludes halogenated alkanes) is 16. The second kappa shape index (κ2) is 35.1. The minimum Gasteiger partial charge on any atom is -0.462 e. The first-order valence-electron chi connectivity index (χ1n) is 21.9. The van der Waals surface area contributed by atoms with Gasteiger partial charge in [-0.25, -0.2) is 0 Å². The molecule has 4 N–H and O–H groups in total. The lowest BCUT2D eigenvalue weighted by Gasteiger charge is -2.40. The van der Waals surface area contributed by atoms with E-state index in [2.05, 4.69) is 38.2 Å². The fourth-order valence-corrected chi connectivity index (χ4v) is 6.96. The second-order valence-corrected chi connectivity index (χ2v) is 16.6. The number of hydrogen-bond donors (Lipinski definition) is 4. The monoisotopic (exact) mass is 841 g/mol. The average molecular weight is 841 g/mol. The Bertz CT molecular complexity index is 1310. The molecule has 0 aromatic rings. The predicted molar refractivity (Wildman–Crippen MR) is 229 cm³/mol. The molecule has 58 heavy (non-hydrogen) atoms. The molecule has 1 heterocycles. The van der Waals surface area contributed by atoms with Crippen LogP contribution in [-0.2, 0) is 38.7 Å². The van der Waals surface area contributed by atoms with E-state index >= 15 is 0 Å². The van der Waals surface area contributed by atoms with Crippen LogP contribution in [-0.4, -0.2) is 96.0 Å². The number of aliphatic hydroxyl groups excluding tert-OH is 3. The minimum absolute atomic E-state index is 0.134. The first-order valence-corrected chi connectivity index (χ1v) is 23.5. The third-order valence-electron chi connectivity index (χ3n) is 9.68. The van der Waals surface area contributed by atoms with Crippen LogP contribution in [0.3, 0.4) is 0 Å². The van der Waals surface area contributed by atoms with Crippen LogP contribution in [0, 0.1) is 0 Å². The van der Waals surface area contributed by atoms with Gasteiger partial charge in [0, 0.05) is 12.8 Å². The van der Waals surface area contributed by atoms with Gasteiger partial charge in [0.15, 0.2) is 12.4 Å². The molecule has 0 aliphatic carbocycles. The summed E-state index contributed by atoms with van der Waals surface area (Å²) in [4.78, 5) is 25.4. The Morgan fingerprint density at radius 1 is 0.603 bits per heavy atom. The molecule has 0 bridgehead atoms. The van der Waals surface area contributed by atoms with E-state index in [4.69, 9.17) is 18.9 Å². The molecule has 0 radical (unpaired) electrons. The fraction of sp³-hybridized carbons (Fsp3) is 0.733. The number of carbonyl (C=O) groups is 2. The zero-order valence-corrected chi connectivity index (χ0v) is 36.2. The van der Waals surface area contributed by atoms with Crippen LogP contribution < -0.4 is 0 Å². The lowest BCUT2D eigenvalue weighted by molar-refractivity contribution is -0.297. The van der Waals surface area contributed by atoms with Gasteiger partial charge in [-0.1, -0.05) is 145 Å². The Morgan fingerprint density at radius 2 is 1.10 bits per heavy atom. The van der Waals surface area contributed by atoms with E-state index in [0.717, 1.165) is 77.0 Å². The third-order valence-corrected chi connectivity index (χ3v) is 10.4. The van der Waals surface area contributed by atoms with Crippen LogP contribution in [0.15, 0.2) is 60.8 Å². The molecule has 0 aromatic carbocycles. The number of esters is 2. The van der Waals surface area contributed by atoms with Gasteiger partial charge in [0.1, 0.15) is 36.8 Å². The molecule has 1 aliphatic heterocycles. The minimum atomic E-state index is -4.61. The van der Waals surface area contributed by atoms with E-state index in [1.54, 1.807) is 0 Å². The normalized spacial score (nSPS) is 21.0. The molecular formula is C45H76O12S. The molecular weight excluding hydrogens is 765 g/mol. The van der Waals surface area contributed by atoms with Gasteiger partial charge < -0.3 is 34.3 Å². The van der Waals surface area contributed by atoms with Crippen molar-refractivity contribution in [1.29, 1.82) is 0 Å². The highest BCUT2D eigenvalue weighted by molar-refractivity contribution is 7.85. The summed E-state index contributed by atoms with van der Waals surface area (Å²) >= 11 is 0. The van der Waals surface area contributed by atoms with E-state index < -0.39 is 71.2 Å². The fourth-order valence-electron chi connectivity index (χ4n) is 6.27. The lowest BCUT2D eigenvalue weighted by Crippen LogP contribution is -2.60. The van der Waals surface area contributed by atoms with Crippen molar-refractivity contribution in [1.82, 2.24) is 0 Å². The van der Waals surface area contributed by atoms with Crippen LogP contribution in [0.2, 0.25) is 0 Å². The van der Waals surface area contributed by atoms with Crippen molar-refractivity contribution >= 4 is 22.1 Å². The molecule has 1 saturated heterocycles. The van der Waals surface area contributed by atoms with Crippen LogP contribution in [0.25, 0.3) is 0 Å². The summed E-state index contributed by atoms with van der Waals surface area (Å²) in [6, 6.07) is 0. The maximum absolute atomic E-state index is 12.8. The maximum atomic E-state index is 12.8. The zero-order chi connectivity index (χ0) is 42.7. The van der Waals surface area contributed by atoms with Crippen LogP contribution in [0.1, 0.15) is 155 Å². The van der Waals surface area contributed by atoms with Crippen LogP contribution in [0.4, 0.5) is 0 Å². The molecule has 0 aromatic heterocycles. The molecule has 2 unspecified atom stereocenters. The summed E-state index contributed by atoms with van der Waals surface area (Å²) in [6.45, 7) is 3.57. The molecule has 0 saturated carbocycles. The number of ether oxygens (including phenoxy) is 4. The van der Waals surface area contributed by atoms with Gasteiger partial charge in [-0.15, -0.1) is 0 Å². The lowest BCUT2D eigenvalue weighted by atomic mass is 10.00. The molecule has 1 rings (SSSR count). The van der Waals surface area contributed by atoms with Gasteiger partial charge in [-0.2, -0.15) is 8.42 Å². The number of allylic oxidation sites excluding steroid dienone is 10. The highest BCUT2D eigenvalue weighted by atomic mass is 32.2. The van der Waals surface area contributed by atoms with Crippen molar-refractivity contribution in [2.75, 3.05) is 19.0 Å². The summed E-state index contributed by atoms with van der Waals surface area (Å²) in [6.07, 6.45) is 32.6. The second-order valence-electron chi connectivity index (χ2n) is 15.1. The molecule has 12 nitrogen and oxygen atoms in total. The smallest absolute Gasteiger partial charge is 0.306 e. The molecule has 1 fully saturated rings. The summed E-state index contributed by atoms with van der Waals surface area (Å²) in [5.74, 6) is -2.03. The Hall–Kier alpha value is -2.65. The summed E-state index contributed by atoms with van der Waals surface area (Å²) < 4.78 is 54.0. The first-order chi connectivity index (χ1) is 28.0. The van der Waals surface area contributed by atoms with Gasteiger partial charge >= 0.3 is 11.9 Å². The predicted octanol–water partition coefficient (Wildman–Crippen LogP) is 8.56. The van der Waals surface area contributed by atoms with Crippen LogP contribution in [0.5, 0.6) is 0 Å². The number of hydrogen-bond acceptors (Lipinski definition) is 11. The van der Waals surface area contributed by atoms with E-state index in [0.29, 0.717) is 12.8 Å². The Balaban J connectivity index is 2.49. The van der Waals surface area contributed by atoms with E-state index in [-0.39, 0.29) is 19.4 Å². The SMILES string of the molecule is CC/C=C/C=C/C=C/C=C/CCCCCCCC(=O)O[C@H](COC(=O)CCCCCCC/C=C/CCCCCCCC)CO[C@H]1O[C@H](CS(=O)(=O)O)[C@@H](O)C(O)C1O. The Morgan fingerprint density at radius 3 is 1.67 bits per heavy atom. The molecule has 13 heteroatoms. The quantitative estimate of drug-likeness (QED) is 0.0157. The Kier molecular flexibility index (Phi) is 32.3. The molecule has 6 atom stereocenters. The van der Waals surface area contributed by atoms with E-state index in [1.807, 2.05) is 36.5 Å². The third kappa shape index (κ3) is 29.5. The largest absolute Gasteiger partial charge is 0.462 e. The summed E-state index contributed by atoms with van der Waals surface area (Å²) in [7, 11) is -4.61. The van der Waals surface area contributed by atoms with Crippen molar-refractivity contribution in [3.05, 3.63) is 60.8 Å². The van der Waals surface area contributed by atoms with Gasteiger partial charge in [0.25, 0.3) is 10.1 Å². The topological polar surface area (TPSA) is 186 Å². The molecule has 334 valence electrons.